The monoisotopic (exact) mass is 382 g/mol. The summed E-state index contributed by atoms with van der Waals surface area (Å²) in [6.45, 7) is 15.2. The number of aromatic nitrogens is 3. The number of aliphatic hydroxyl groups excluding tert-OH is 1. The largest absolute Gasteiger partial charge is 0.394 e. The molecule has 0 saturated heterocycles. The lowest BCUT2D eigenvalue weighted by Crippen LogP contribution is -2.42. The van der Waals surface area contributed by atoms with Crippen molar-refractivity contribution in [1.82, 2.24) is 15.0 Å². The molecule has 0 aromatic carbocycles. The fourth-order valence-corrected chi connectivity index (χ4v) is 4.18. The fraction of sp³-hybridized carbons (Fsp3) is 0.609. The van der Waals surface area contributed by atoms with Crippen molar-refractivity contribution < 1.29 is 5.11 Å². The number of hydrogen-bond acceptors (Lipinski definition) is 5. The van der Waals surface area contributed by atoms with Crippen LogP contribution in [-0.4, -0.2) is 38.7 Å². The summed E-state index contributed by atoms with van der Waals surface area (Å²) in [5.74, 6) is 1.62. The number of aliphatic hydroxyl groups is 1. The molecule has 152 valence electrons. The molecular formula is C23H34N4O. The van der Waals surface area contributed by atoms with E-state index in [1.54, 1.807) is 0 Å². The minimum absolute atomic E-state index is 0.0800. The zero-order chi connectivity index (χ0) is 20.6. The Morgan fingerprint density at radius 2 is 1.82 bits per heavy atom. The Hall–Kier alpha value is -2.01. The summed E-state index contributed by atoms with van der Waals surface area (Å²) in [4.78, 5) is 17.3. The molecule has 0 aliphatic carbocycles. The maximum absolute atomic E-state index is 9.86. The van der Waals surface area contributed by atoms with Crippen molar-refractivity contribution in [3.8, 4) is 11.3 Å². The molecule has 3 heterocycles. The Morgan fingerprint density at radius 3 is 2.39 bits per heavy atom. The smallest absolute Gasteiger partial charge is 0.151 e. The van der Waals surface area contributed by atoms with E-state index in [0.717, 1.165) is 52.7 Å². The maximum atomic E-state index is 9.86. The molecule has 0 radical (unpaired) electrons. The third-order valence-corrected chi connectivity index (χ3v) is 6.17. The van der Waals surface area contributed by atoms with Crippen molar-refractivity contribution in [2.24, 2.45) is 0 Å². The molecule has 5 nitrogen and oxygen atoms in total. The highest BCUT2D eigenvalue weighted by atomic mass is 16.3. The lowest BCUT2D eigenvalue weighted by Gasteiger charge is -2.32. The molecule has 2 aromatic heterocycles. The molecule has 3 rings (SSSR count). The van der Waals surface area contributed by atoms with Crippen LogP contribution in [0, 0.1) is 6.92 Å². The Balaban J connectivity index is 2.13. The summed E-state index contributed by atoms with van der Waals surface area (Å²) in [7, 11) is 0. The molecule has 1 aliphatic rings. The number of anilines is 1. The Bertz CT molecular complexity index is 845. The lowest BCUT2D eigenvalue weighted by molar-refractivity contribution is 0.250. The number of aryl methyl sites for hydroxylation is 2. The first-order valence-corrected chi connectivity index (χ1v) is 10.6. The van der Waals surface area contributed by atoms with Gasteiger partial charge in [-0.3, -0.25) is 4.98 Å². The molecule has 0 bridgehead atoms. The van der Waals surface area contributed by atoms with Gasteiger partial charge in [0, 0.05) is 28.9 Å². The third-order valence-electron chi connectivity index (χ3n) is 6.17. The van der Waals surface area contributed by atoms with Gasteiger partial charge in [0.15, 0.2) is 5.82 Å². The normalized spacial score (nSPS) is 20.0. The second-order valence-electron chi connectivity index (χ2n) is 8.29. The van der Waals surface area contributed by atoms with Crippen molar-refractivity contribution in [3.05, 3.63) is 34.9 Å². The molecule has 2 aromatic rings. The molecular weight excluding hydrogens is 348 g/mol. The zero-order valence-electron chi connectivity index (χ0n) is 18.3. The molecule has 0 spiro atoms. The number of pyridine rings is 1. The predicted octanol–water partition coefficient (Wildman–Crippen LogP) is 4.62. The van der Waals surface area contributed by atoms with Crippen LogP contribution in [-0.2, 0) is 6.42 Å². The topological polar surface area (TPSA) is 62.1 Å². The highest BCUT2D eigenvalue weighted by Gasteiger charge is 2.39. The van der Waals surface area contributed by atoms with Crippen LogP contribution in [0.4, 0.5) is 5.82 Å². The highest BCUT2D eigenvalue weighted by molar-refractivity contribution is 5.68. The highest BCUT2D eigenvalue weighted by Crippen LogP contribution is 2.41. The van der Waals surface area contributed by atoms with Crippen LogP contribution in [0.5, 0.6) is 0 Å². The van der Waals surface area contributed by atoms with Gasteiger partial charge in [0.1, 0.15) is 0 Å². The van der Waals surface area contributed by atoms with E-state index in [1.807, 2.05) is 6.92 Å². The van der Waals surface area contributed by atoms with Gasteiger partial charge >= 0.3 is 0 Å². The van der Waals surface area contributed by atoms with Gasteiger partial charge in [-0.15, -0.1) is 0 Å². The van der Waals surface area contributed by atoms with Crippen LogP contribution in [0.25, 0.3) is 11.3 Å². The average Bonchev–Trinajstić information content (AvgIpc) is 2.92. The van der Waals surface area contributed by atoms with E-state index in [2.05, 4.69) is 58.6 Å². The van der Waals surface area contributed by atoms with E-state index in [9.17, 15) is 5.11 Å². The number of fused-ring (bicyclic) bond motifs is 1. The molecule has 3 unspecified atom stereocenters. The number of nitrogens with zero attached hydrogens (tertiary/aromatic N) is 4. The number of rotatable bonds is 6. The molecule has 1 N–H and O–H groups in total. The summed E-state index contributed by atoms with van der Waals surface area (Å²) < 4.78 is 0. The second kappa shape index (κ2) is 8.16. The fourth-order valence-electron chi connectivity index (χ4n) is 4.18. The first-order valence-electron chi connectivity index (χ1n) is 10.6. The Morgan fingerprint density at radius 1 is 1.11 bits per heavy atom. The van der Waals surface area contributed by atoms with Crippen molar-refractivity contribution in [2.45, 2.75) is 85.2 Å². The SMILES string of the molecule is CCc1nc(C(C)C)ccc1-c1nc2c(nc1C)N(C(CC)CO)C(C)C2C. The third kappa shape index (κ3) is 3.41. The molecule has 3 atom stereocenters. The first-order chi connectivity index (χ1) is 13.3. The van der Waals surface area contributed by atoms with Gasteiger partial charge in [-0.25, -0.2) is 9.97 Å². The van der Waals surface area contributed by atoms with E-state index in [0.29, 0.717) is 5.92 Å². The van der Waals surface area contributed by atoms with Crippen LogP contribution in [0.15, 0.2) is 12.1 Å². The van der Waals surface area contributed by atoms with Crippen LogP contribution < -0.4 is 4.90 Å². The van der Waals surface area contributed by atoms with Crippen molar-refractivity contribution in [3.63, 3.8) is 0 Å². The molecule has 5 heteroatoms. The van der Waals surface area contributed by atoms with Gasteiger partial charge in [-0.2, -0.15) is 0 Å². The van der Waals surface area contributed by atoms with Crippen molar-refractivity contribution >= 4 is 5.82 Å². The molecule has 1 aliphatic heterocycles. The van der Waals surface area contributed by atoms with E-state index >= 15 is 0 Å². The Kier molecular flexibility index (Phi) is 6.04. The van der Waals surface area contributed by atoms with Crippen LogP contribution in [0.1, 0.15) is 82.6 Å². The minimum atomic E-state index is 0.0800. The zero-order valence-corrected chi connectivity index (χ0v) is 18.3. The van der Waals surface area contributed by atoms with E-state index in [4.69, 9.17) is 15.0 Å². The minimum Gasteiger partial charge on any atom is -0.394 e. The molecule has 0 amide bonds. The predicted molar refractivity (Wildman–Crippen MR) is 115 cm³/mol. The summed E-state index contributed by atoms with van der Waals surface area (Å²) in [6.07, 6.45) is 1.75. The second-order valence-corrected chi connectivity index (χ2v) is 8.29. The first kappa shape index (κ1) is 20.7. The van der Waals surface area contributed by atoms with E-state index in [-0.39, 0.29) is 24.6 Å². The van der Waals surface area contributed by atoms with Crippen molar-refractivity contribution in [1.29, 1.82) is 0 Å². The molecule has 0 fully saturated rings. The van der Waals surface area contributed by atoms with Gasteiger partial charge in [0.2, 0.25) is 0 Å². The van der Waals surface area contributed by atoms with Crippen LogP contribution in [0.3, 0.4) is 0 Å². The van der Waals surface area contributed by atoms with Gasteiger partial charge in [-0.05, 0) is 44.7 Å². The summed E-state index contributed by atoms with van der Waals surface area (Å²) >= 11 is 0. The quantitative estimate of drug-likeness (QED) is 0.790. The van der Waals surface area contributed by atoms with Gasteiger partial charge in [0.05, 0.1) is 29.7 Å². The maximum Gasteiger partial charge on any atom is 0.151 e. The standard InChI is InChI=1S/C23H34N4O/c1-8-17(12-28)27-16(7)14(5)21-23(27)24-15(6)22(26-21)18-10-11-20(13(3)4)25-19(18)9-2/h10-11,13-14,16-17,28H,8-9,12H2,1-7H3. The van der Waals surface area contributed by atoms with Crippen LogP contribution >= 0.6 is 0 Å². The molecule has 0 saturated carbocycles. The van der Waals surface area contributed by atoms with Gasteiger partial charge in [0.25, 0.3) is 0 Å². The summed E-state index contributed by atoms with van der Waals surface area (Å²) in [5.41, 5.74) is 6.19. The summed E-state index contributed by atoms with van der Waals surface area (Å²) in [5, 5.41) is 9.86. The Labute approximate surface area is 169 Å². The van der Waals surface area contributed by atoms with Gasteiger partial charge in [-0.1, -0.05) is 34.6 Å². The van der Waals surface area contributed by atoms with E-state index in [1.165, 1.54) is 0 Å². The average molecular weight is 383 g/mol. The van der Waals surface area contributed by atoms with Gasteiger partial charge < -0.3 is 10.0 Å². The molecule has 28 heavy (non-hydrogen) atoms. The van der Waals surface area contributed by atoms with Crippen molar-refractivity contribution in [2.75, 3.05) is 11.5 Å². The van der Waals surface area contributed by atoms with E-state index < -0.39 is 0 Å². The van der Waals surface area contributed by atoms with Crippen LogP contribution in [0.2, 0.25) is 0 Å². The summed E-state index contributed by atoms with van der Waals surface area (Å²) in [6, 6.07) is 4.63. The lowest BCUT2D eigenvalue weighted by atomic mass is 10.0. The number of hydrogen-bond donors (Lipinski definition) is 1.